The van der Waals surface area contributed by atoms with Crippen molar-refractivity contribution in [2.45, 2.75) is 52.0 Å². The van der Waals surface area contributed by atoms with Crippen LogP contribution < -0.4 is 5.32 Å². The number of hydrogen-bond acceptors (Lipinski definition) is 2. The lowest BCUT2D eigenvalue weighted by molar-refractivity contribution is 0.367. The Morgan fingerprint density at radius 1 is 1.41 bits per heavy atom. The van der Waals surface area contributed by atoms with E-state index in [-0.39, 0.29) is 0 Å². The van der Waals surface area contributed by atoms with Crippen molar-refractivity contribution in [1.29, 1.82) is 0 Å². The Morgan fingerprint density at radius 3 is 2.65 bits per heavy atom. The summed E-state index contributed by atoms with van der Waals surface area (Å²) in [7, 11) is 2.07. The molecule has 2 atom stereocenters. The summed E-state index contributed by atoms with van der Waals surface area (Å²) in [4.78, 5) is 1.45. The van der Waals surface area contributed by atoms with Crippen LogP contribution >= 0.6 is 27.3 Å². The summed E-state index contributed by atoms with van der Waals surface area (Å²) >= 11 is 5.49. The third kappa shape index (κ3) is 4.72. The zero-order chi connectivity index (χ0) is 12.7. The lowest BCUT2D eigenvalue weighted by Gasteiger charge is -2.22. The first-order valence-corrected chi connectivity index (χ1v) is 8.30. The molecule has 0 aliphatic carbocycles. The van der Waals surface area contributed by atoms with Crippen molar-refractivity contribution in [3.63, 3.8) is 0 Å². The van der Waals surface area contributed by atoms with E-state index in [2.05, 4.69) is 53.6 Å². The van der Waals surface area contributed by atoms with Crippen LogP contribution in [0.25, 0.3) is 0 Å². The minimum absolute atomic E-state index is 0.506. The first kappa shape index (κ1) is 15.2. The summed E-state index contributed by atoms with van der Waals surface area (Å²) in [6.45, 7) is 4.59. The summed E-state index contributed by atoms with van der Waals surface area (Å²) in [6.07, 6.45) is 6.59. The molecular weight excluding hydrogens is 294 g/mol. The van der Waals surface area contributed by atoms with Gasteiger partial charge in [0.05, 0.1) is 0 Å². The summed E-state index contributed by atoms with van der Waals surface area (Å²) < 4.78 is 1.26. The van der Waals surface area contributed by atoms with Gasteiger partial charge in [-0.2, -0.15) is 0 Å². The second-order valence-corrected chi connectivity index (χ2v) is 6.43. The molecule has 0 aromatic carbocycles. The van der Waals surface area contributed by atoms with Crippen LogP contribution in [0.3, 0.4) is 0 Å². The van der Waals surface area contributed by atoms with Gasteiger partial charge in [0.1, 0.15) is 0 Å². The van der Waals surface area contributed by atoms with Gasteiger partial charge in [-0.1, -0.05) is 39.5 Å². The van der Waals surface area contributed by atoms with Crippen LogP contribution in [0.4, 0.5) is 0 Å². The summed E-state index contributed by atoms with van der Waals surface area (Å²) in [5.41, 5.74) is 0. The molecule has 1 N–H and O–H groups in total. The van der Waals surface area contributed by atoms with Crippen LogP contribution in [0.5, 0.6) is 0 Å². The molecule has 0 bridgehead atoms. The maximum absolute atomic E-state index is 3.64. The minimum Gasteiger partial charge on any atom is -0.312 e. The Labute approximate surface area is 118 Å². The maximum Gasteiger partial charge on any atom is 0.0426 e. The van der Waals surface area contributed by atoms with Gasteiger partial charge in [0.15, 0.2) is 0 Å². The van der Waals surface area contributed by atoms with Crippen molar-refractivity contribution in [3.8, 4) is 0 Å². The standard InChI is InChI=1S/C14H24BrNS/c1-4-6-7-11(5-2)10-13(16-3)14-12(15)8-9-17-14/h8-9,11,13,16H,4-7,10H2,1-3H3. The number of nitrogens with one attached hydrogen (secondary N) is 1. The molecule has 1 aromatic rings. The Balaban J connectivity index is 2.59. The van der Waals surface area contributed by atoms with E-state index in [4.69, 9.17) is 0 Å². The highest BCUT2D eigenvalue weighted by molar-refractivity contribution is 9.10. The Kier molecular flexibility index (Phi) is 7.40. The van der Waals surface area contributed by atoms with E-state index < -0.39 is 0 Å². The molecule has 0 saturated carbocycles. The number of unbranched alkanes of at least 4 members (excludes halogenated alkanes) is 1. The SMILES string of the molecule is CCCCC(CC)CC(NC)c1sccc1Br. The van der Waals surface area contributed by atoms with Gasteiger partial charge in [-0.25, -0.2) is 0 Å². The fraction of sp³-hybridized carbons (Fsp3) is 0.714. The van der Waals surface area contributed by atoms with Crippen molar-refractivity contribution < 1.29 is 0 Å². The monoisotopic (exact) mass is 317 g/mol. The van der Waals surface area contributed by atoms with Crippen LogP contribution in [0, 0.1) is 5.92 Å². The van der Waals surface area contributed by atoms with Gasteiger partial charge >= 0.3 is 0 Å². The lowest BCUT2D eigenvalue weighted by Crippen LogP contribution is -2.19. The molecular formula is C14H24BrNS. The minimum atomic E-state index is 0.506. The fourth-order valence-electron chi connectivity index (χ4n) is 2.22. The first-order chi connectivity index (χ1) is 8.22. The number of rotatable bonds is 8. The molecule has 0 aliphatic heterocycles. The Bertz CT molecular complexity index is 311. The zero-order valence-corrected chi connectivity index (χ0v) is 13.5. The third-order valence-electron chi connectivity index (χ3n) is 3.42. The van der Waals surface area contributed by atoms with E-state index >= 15 is 0 Å². The zero-order valence-electron chi connectivity index (χ0n) is 11.1. The largest absolute Gasteiger partial charge is 0.312 e. The molecule has 0 amide bonds. The predicted octanol–water partition coefficient (Wildman–Crippen LogP) is 5.38. The van der Waals surface area contributed by atoms with Gasteiger partial charge in [0.2, 0.25) is 0 Å². The molecule has 17 heavy (non-hydrogen) atoms. The molecule has 0 spiro atoms. The molecule has 0 aliphatic rings. The second-order valence-electron chi connectivity index (χ2n) is 4.63. The Morgan fingerprint density at radius 2 is 2.18 bits per heavy atom. The predicted molar refractivity (Wildman–Crippen MR) is 81.7 cm³/mol. The van der Waals surface area contributed by atoms with E-state index in [0.717, 1.165) is 5.92 Å². The summed E-state index contributed by atoms with van der Waals surface area (Å²) in [6, 6.07) is 2.66. The third-order valence-corrected chi connectivity index (χ3v) is 5.41. The number of hydrogen-bond donors (Lipinski definition) is 1. The second kappa shape index (κ2) is 8.28. The highest BCUT2D eigenvalue weighted by Gasteiger charge is 2.18. The van der Waals surface area contributed by atoms with Gasteiger partial charge in [0, 0.05) is 15.4 Å². The van der Waals surface area contributed by atoms with E-state index in [0.29, 0.717) is 6.04 Å². The molecule has 0 saturated heterocycles. The quantitative estimate of drug-likeness (QED) is 0.679. The molecule has 1 rings (SSSR count). The summed E-state index contributed by atoms with van der Waals surface area (Å²) in [5, 5.41) is 5.63. The maximum atomic E-state index is 3.64. The average Bonchev–Trinajstić information content (AvgIpc) is 2.76. The molecule has 1 aromatic heterocycles. The summed E-state index contributed by atoms with van der Waals surface area (Å²) in [5.74, 6) is 0.849. The fourth-order valence-corrected chi connectivity index (χ4v) is 4.00. The van der Waals surface area contributed by atoms with Crippen LogP contribution in [-0.4, -0.2) is 7.05 Å². The number of halogens is 1. The van der Waals surface area contributed by atoms with E-state index in [9.17, 15) is 0 Å². The molecule has 3 heteroatoms. The van der Waals surface area contributed by atoms with E-state index in [1.807, 2.05) is 11.3 Å². The molecule has 98 valence electrons. The van der Waals surface area contributed by atoms with Crippen LogP contribution in [0.2, 0.25) is 0 Å². The normalized spacial score (nSPS) is 14.8. The topological polar surface area (TPSA) is 12.0 Å². The molecule has 0 fully saturated rings. The highest BCUT2D eigenvalue weighted by atomic mass is 79.9. The van der Waals surface area contributed by atoms with Gasteiger partial charge in [0.25, 0.3) is 0 Å². The molecule has 2 unspecified atom stereocenters. The van der Waals surface area contributed by atoms with Gasteiger partial charge in [-0.15, -0.1) is 11.3 Å². The van der Waals surface area contributed by atoms with Crippen LogP contribution in [-0.2, 0) is 0 Å². The van der Waals surface area contributed by atoms with Crippen molar-refractivity contribution in [2.75, 3.05) is 7.05 Å². The molecule has 1 heterocycles. The van der Waals surface area contributed by atoms with E-state index in [1.165, 1.54) is 41.5 Å². The number of thiophene rings is 1. The van der Waals surface area contributed by atoms with Gasteiger partial charge in [-0.05, 0) is 46.8 Å². The van der Waals surface area contributed by atoms with Crippen LogP contribution in [0.1, 0.15) is 56.9 Å². The molecule has 1 nitrogen and oxygen atoms in total. The van der Waals surface area contributed by atoms with Crippen LogP contribution in [0.15, 0.2) is 15.9 Å². The highest BCUT2D eigenvalue weighted by Crippen LogP contribution is 2.34. The smallest absolute Gasteiger partial charge is 0.0426 e. The van der Waals surface area contributed by atoms with E-state index in [1.54, 1.807) is 0 Å². The van der Waals surface area contributed by atoms with Gasteiger partial charge in [-0.3, -0.25) is 0 Å². The Hall–Kier alpha value is 0.140. The van der Waals surface area contributed by atoms with Gasteiger partial charge < -0.3 is 5.32 Å². The lowest BCUT2D eigenvalue weighted by atomic mass is 9.91. The van der Waals surface area contributed by atoms with Crippen molar-refractivity contribution in [2.24, 2.45) is 5.92 Å². The van der Waals surface area contributed by atoms with Crippen molar-refractivity contribution >= 4 is 27.3 Å². The first-order valence-electron chi connectivity index (χ1n) is 6.63. The van der Waals surface area contributed by atoms with Crippen molar-refractivity contribution in [3.05, 3.63) is 20.8 Å². The molecule has 0 radical (unpaired) electrons. The van der Waals surface area contributed by atoms with Crippen molar-refractivity contribution in [1.82, 2.24) is 5.32 Å². The average molecular weight is 318 g/mol.